The average Bonchev–Trinajstić information content (AvgIpc) is 2.89. The highest BCUT2D eigenvalue weighted by atomic mass is 16.5. The number of ether oxygens (including phenoxy) is 1. The highest BCUT2D eigenvalue weighted by Crippen LogP contribution is 2.14. The van der Waals surface area contributed by atoms with Crippen LogP contribution < -0.4 is 16.0 Å². The molecule has 1 aliphatic heterocycles. The number of carbonyl (C=O) groups excluding carboxylic acids is 2. The average molecular weight is 362 g/mol. The van der Waals surface area contributed by atoms with Gasteiger partial charge in [-0.2, -0.15) is 0 Å². The van der Waals surface area contributed by atoms with Gasteiger partial charge in [-0.1, -0.05) is 12.8 Å². The summed E-state index contributed by atoms with van der Waals surface area (Å²) < 4.78 is 4.91. The third kappa shape index (κ3) is 7.95. The highest BCUT2D eigenvalue weighted by molar-refractivity contribution is 5.94. The Morgan fingerprint density at radius 3 is 2.12 bits per heavy atom. The fraction of sp³-hybridized carbons (Fsp3) is 0.579. The van der Waals surface area contributed by atoms with Gasteiger partial charge in [0.25, 0.3) is 0 Å². The quantitative estimate of drug-likeness (QED) is 0.582. The van der Waals surface area contributed by atoms with Gasteiger partial charge in [0.05, 0.1) is 19.7 Å². The van der Waals surface area contributed by atoms with E-state index in [1.165, 1.54) is 25.7 Å². The van der Waals surface area contributed by atoms with E-state index in [4.69, 9.17) is 4.74 Å². The normalized spacial score (nSPS) is 15.3. The smallest absolute Gasteiger partial charge is 0.238 e. The van der Waals surface area contributed by atoms with Crippen molar-refractivity contribution < 1.29 is 14.3 Å². The number of hydrogen-bond acceptors (Lipinski definition) is 5. The molecule has 1 aromatic rings. The molecule has 0 radical (unpaired) electrons. The summed E-state index contributed by atoms with van der Waals surface area (Å²) in [5, 5.41) is 8.72. The monoisotopic (exact) mass is 362 g/mol. The van der Waals surface area contributed by atoms with E-state index in [-0.39, 0.29) is 18.4 Å². The minimum Gasteiger partial charge on any atom is -0.383 e. The molecule has 26 heavy (non-hydrogen) atoms. The van der Waals surface area contributed by atoms with Gasteiger partial charge in [0.15, 0.2) is 0 Å². The van der Waals surface area contributed by atoms with Crippen LogP contribution in [0.2, 0.25) is 0 Å². The molecular formula is C19H30N4O3. The van der Waals surface area contributed by atoms with Crippen molar-refractivity contribution in [3.05, 3.63) is 24.3 Å². The maximum atomic E-state index is 12.2. The molecule has 1 aliphatic rings. The largest absolute Gasteiger partial charge is 0.383 e. The van der Waals surface area contributed by atoms with Gasteiger partial charge in [-0.15, -0.1) is 0 Å². The predicted molar refractivity (Wildman–Crippen MR) is 103 cm³/mol. The second-order valence-corrected chi connectivity index (χ2v) is 6.53. The molecule has 0 saturated carbocycles. The lowest BCUT2D eigenvalue weighted by Crippen LogP contribution is -2.33. The topological polar surface area (TPSA) is 82.7 Å². The summed E-state index contributed by atoms with van der Waals surface area (Å²) in [5.41, 5.74) is 1.44. The maximum Gasteiger partial charge on any atom is 0.238 e. The molecule has 2 rings (SSSR count). The number of amides is 2. The number of nitrogens with zero attached hydrogens (tertiary/aromatic N) is 1. The lowest BCUT2D eigenvalue weighted by Gasteiger charge is -2.19. The Balaban J connectivity index is 1.72. The van der Waals surface area contributed by atoms with E-state index < -0.39 is 0 Å². The van der Waals surface area contributed by atoms with E-state index in [0.29, 0.717) is 25.4 Å². The third-order valence-corrected chi connectivity index (χ3v) is 4.29. The van der Waals surface area contributed by atoms with Crippen LogP contribution in [-0.4, -0.2) is 63.2 Å². The zero-order chi connectivity index (χ0) is 18.6. The molecule has 1 heterocycles. The SMILES string of the molecule is COCCNCC(=O)Nc1ccc(NC(=O)CN2CCCCCC2)cc1. The van der Waals surface area contributed by atoms with Crippen LogP contribution in [0.15, 0.2) is 24.3 Å². The van der Waals surface area contributed by atoms with Gasteiger partial charge in [-0.25, -0.2) is 0 Å². The number of anilines is 2. The van der Waals surface area contributed by atoms with Crippen LogP contribution in [-0.2, 0) is 14.3 Å². The van der Waals surface area contributed by atoms with Gasteiger partial charge in [0.1, 0.15) is 0 Å². The fourth-order valence-corrected chi connectivity index (χ4v) is 2.92. The first-order valence-electron chi connectivity index (χ1n) is 9.29. The van der Waals surface area contributed by atoms with Crippen LogP contribution in [0, 0.1) is 0 Å². The standard InChI is InChI=1S/C19H30N4O3/c1-26-13-10-20-14-18(24)21-16-6-8-17(9-7-16)22-19(25)15-23-11-4-2-3-5-12-23/h6-9,20H,2-5,10-15H2,1H3,(H,21,24)(H,22,25). The van der Waals surface area contributed by atoms with E-state index in [1.807, 2.05) is 0 Å². The molecular weight excluding hydrogens is 332 g/mol. The van der Waals surface area contributed by atoms with Crippen LogP contribution >= 0.6 is 0 Å². The highest BCUT2D eigenvalue weighted by Gasteiger charge is 2.13. The van der Waals surface area contributed by atoms with E-state index in [9.17, 15) is 9.59 Å². The second kappa shape index (κ2) is 11.6. The minimum atomic E-state index is -0.112. The Labute approximate surface area is 155 Å². The van der Waals surface area contributed by atoms with E-state index in [2.05, 4.69) is 20.9 Å². The van der Waals surface area contributed by atoms with Gasteiger partial charge in [0.2, 0.25) is 11.8 Å². The van der Waals surface area contributed by atoms with Crippen molar-refractivity contribution in [1.82, 2.24) is 10.2 Å². The van der Waals surface area contributed by atoms with Crippen molar-refractivity contribution in [2.75, 3.05) is 57.1 Å². The number of methoxy groups -OCH3 is 1. The third-order valence-electron chi connectivity index (χ3n) is 4.29. The molecule has 1 fully saturated rings. The number of carbonyl (C=O) groups is 2. The summed E-state index contributed by atoms with van der Waals surface area (Å²) in [6.45, 7) is 3.86. The first kappa shape index (κ1) is 20.4. The van der Waals surface area contributed by atoms with Gasteiger partial charge < -0.3 is 20.7 Å². The fourth-order valence-electron chi connectivity index (χ4n) is 2.92. The summed E-state index contributed by atoms with van der Waals surface area (Å²) in [6, 6.07) is 7.17. The zero-order valence-corrected chi connectivity index (χ0v) is 15.6. The van der Waals surface area contributed by atoms with Crippen LogP contribution in [0.3, 0.4) is 0 Å². The van der Waals surface area contributed by atoms with E-state index >= 15 is 0 Å². The molecule has 144 valence electrons. The Morgan fingerprint density at radius 2 is 1.54 bits per heavy atom. The first-order valence-corrected chi connectivity index (χ1v) is 9.29. The Bertz CT molecular complexity index is 554. The van der Waals surface area contributed by atoms with Crippen molar-refractivity contribution in [3.63, 3.8) is 0 Å². The van der Waals surface area contributed by atoms with Crippen LogP contribution in [0.4, 0.5) is 11.4 Å². The van der Waals surface area contributed by atoms with Crippen molar-refractivity contribution in [1.29, 1.82) is 0 Å². The molecule has 3 N–H and O–H groups in total. The molecule has 2 amide bonds. The Morgan fingerprint density at radius 1 is 0.962 bits per heavy atom. The summed E-state index contributed by atoms with van der Waals surface area (Å²) in [7, 11) is 1.62. The molecule has 7 heteroatoms. The van der Waals surface area contributed by atoms with Crippen molar-refractivity contribution >= 4 is 23.2 Å². The number of likely N-dealkylation sites (tertiary alicyclic amines) is 1. The predicted octanol–water partition coefficient (Wildman–Crippen LogP) is 1.68. The second-order valence-electron chi connectivity index (χ2n) is 6.53. The molecule has 1 saturated heterocycles. The van der Waals surface area contributed by atoms with Crippen molar-refractivity contribution in [3.8, 4) is 0 Å². The molecule has 0 bridgehead atoms. The molecule has 0 spiro atoms. The Kier molecular flexibility index (Phi) is 9.09. The Hall–Kier alpha value is -1.96. The number of nitrogens with one attached hydrogen (secondary N) is 3. The van der Waals surface area contributed by atoms with Gasteiger partial charge >= 0.3 is 0 Å². The minimum absolute atomic E-state index is 0.00558. The summed E-state index contributed by atoms with van der Waals surface area (Å²) in [4.78, 5) is 26.2. The van der Waals surface area contributed by atoms with Gasteiger partial charge in [-0.05, 0) is 50.2 Å². The molecule has 0 unspecified atom stereocenters. The number of hydrogen-bond donors (Lipinski definition) is 3. The van der Waals surface area contributed by atoms with Gasteiger partial charge in [0, 0.05) is 25.0 Å². The molecule has 0 atom stereocenters. The molecule has 7 nitrogen and oxygen atoms in total. The van der Waals surface area contributed by atoms with Crippen LogP contribution in [0.1, 0.15) is 25.7 Å². The summed E-state index contributed by atoms with van der Waals surface area (Å²) >= 11 is 0. The summed E-state index contributed by atoms with van der Waals surface area (Å²) in [5.74, 6) is -0.106. The van der Waals surface area contributed by atoms with Crippen molar-refractivity contribution in [2.45, 2.75) is 25.7 Å². The number of rotatable bonds is 9. The van der Waals surface area contributed by atoms with Crippen LogP contribution in [0.25, 0.3) is 0 Å². The maximum absolute atomic E-state index is 12.2. The van der Waals surface area contributed by atoms with E-state index in [1.54, 1.807) is 31.4 Å². The summed E-state index contributed by atoms with van der Waals surface area (Å²) in [6.07, 6.45) is 4.85. The lowest BCUT2D eigenvalue weighted by molar-refractivity contribution is -0.117. The number of benzene rings is 1. The lowest BCUT2D eigenvalue weighted by atomic mass is 10.2. The van der Waals surface area contributed by atoms with Gasteiger partial charge in [-0.3, -0.25) is 14.5 Å². The molecule has 0 aliphatic carbocycles. The molecule has 0 aromatic heterocycles. The zero-order valence-electron chi connectivity index (χ0n) is 15.6. The molecule has 1 aromatic carbocycles. The first-order chi connectivity index (χ1) is 12.7. The van der Waals surface area contributed by atoms with E-state index in [0.717, 1.165) is 18.8 Å². The van der Waals surface area contributed by atoms with Crippen LogP contribution in [0.5, 0.6) is 0 Å². The van der Waals surface area contributed by atoms with Crippen molar-refractivity contribution in [2.24, 2.45) is 0 Å².